The molecule has 0 spiro atoms. The molecule has 0 unspecified atom stereocenters. The summed E-state index contributed by atoms with van der Waals surface area (Å²) >= 11 is 0. The van der Waals surface area contributed by atoms with Crippen LogP contribution in [0.4, 0.5) is 11.4 Å². The highest BCUT2D eigenvalue weighted by Gasteiger charge is 2.15. The summed E-state index contributed by atoms with van der Waals surface area (Å²) in [5.74, 6) is -0.300. The van der Waals surface area contributed by atoms with Gasteiger partial charge in [-0.25, -0.2) is 0 Å². The average Bonchev–Trinajstić information content (AvgIpc) is 2.28. The highest BCUT2D eigenvalue weighted by atomic mass is 16.6. The van der Waals surface area contributed by atoms with Gasteiger partial charge in [0.1, 0.15) is 0 Å². The first-order chi connectivity index (χ1) is 8.40. The van der Waals surface area contributed by atoms with Crippen molar-refractivity contribution < 1.29 is 9.85 Å². The summed E-state index contributed by atoms with van der Waals surface area (Å²) in [6.45, 7) is 0. The Labute approximate surface area is 99.9 Å². The van der Waals surface area contributed by atoms with Crippen molar-refractivity contribution in [3.8, 4) is 0 Å². The van der Waals surface area contributed by atoms with Gasteiger partial charge in [-0.2, -0.15) is 5.10 Å². The van der Waals surface area contributed by atoms with Gasteiger partial charge in [0.15, 0.2) is 0 Å². The van der Waals surface area contributed by atoms with Crippen molar-refractivity contribution in [3.63, 3.8) is 0 Å². The fourth-order valence-corrected chi connectivity index (χ4v) is 1.07. The number of non-ortho nitro benzene ring substituents is 2. The summed E-state index contributed by atoms with van der Waals surface area (Å²) in [6, 6.07) is 3.06. The van der Waals surface area contributed by atoms with Crippen molar-refractivity contribution in [2.75, 3.05) is 0 Å². The molecule has 0 aliphatic rings. The first kappa shape index (κ1) is 13.0. The van der Waals surface area contributed by atoms with E-state index in [2.05, 4.69) is 10.2 Å². The molecule has 0 bridgehead atoms. The molecule has 4 N–H and O–H groups in total. The molecule has 1 aromatic rings. The van der Waals surface area contributed by atoms with E-state index < -0.39 is 21.2 Å². The van der Waals surface area contributed by atoms with Gasteiger partial charge in [0, 0.05) is 17.7 Å². The number of nitro benzene ring substituents is 2. The highest BCUT2D eigenvalue weighted by Crippen LogP contribution is 2.21. The number of hydrogen-bond acceptors (Lipinski definition) is 6. The maximum absolute atomic E-state index is 10.6. The Kier molecular flexibility index (Phi) is 3.86. The van der Waals surface area contributed by atoms with Gasteiger partial charge >= 0.3 is 0 Å². The van der Waals surface area contributed by atoms with E-state index >= 15 is 0 Å². The quantitative estimate of drug-likeness (QED) is 0.334. The zero-order valence-corrected chi connectivity index (χ0v) is 8.89. The second kappa shape index (κ2) is 5.34. The molecule has 0 saturated heterocycles. The van der Waals surface area contributed by atoms with Gasteiger partial charge < -0.3 is 11.5 Å². The van der Waals surface area contributed by atoms with Crippen LogP contribution < -0.4 is 11.5 Å². The van der Waals surface area contributed by atoms with Gasteiger partial charge in [-0.1, -0.05) is 0 Å². The second-order valence-electron chi connectivity index (χ2n) is 3.07. The second-order valence-corrected chi connectivity index (χ2v) is 3.07. The summed E-state index contributed by atoms with van der Waals surface area (Å²) in [5, 5.41) is 27.8. The van der Waals surface area contributed by atoms with E-state index in [1.807, 2.05) is 0 Å². The lowest BCUT2D eigenvalue weighted by atomic mass is 10.2. The van der Waals surface area contributed by atoms with Gasteiger partial charge in [-0.05, 0) is 0 Å². The molecule has 0 radical (unpaired) electrons. The third-order valence-electron chi connectivity index (χ3n) is 1.73. The predicted octanol–water partition coefficient (Wildman–Crippen LogP) is 0.110. The SMILES string of the molecule is NC(N)=NN=Cc1cc([N+](=O)[O-])cc([N+](=O)[O-])c1. The monoisotopic (exact) mass is 252 g/mol. The maximum atomic E-state index is 10.6. The average molecular weight is 252 g/mol. The van der Waals surface area contributed by atoms with Crippen LogP contribution >= 0.6 is 0 Å². The Bertz CT molecular complexity index is 516. The maximum Gasteiger partial charge on any atom is 0.276 e. The van der Waals surface area contributed by atoms with Crippen LogP contribution in [0, 0.1) is 20.2 Å². The molecule has 10 heteroatoms. The van der Waals surface area contributed by atoms with E-state index in [4.69, 9.17) is 11.5 Å². The Morgan fingerprint density at radius 1 is 1.11 bits per heavy atom. The van der Waals surface area contributed by atoms with E-state index in [1.54, 1.807) is 0 Å². The van der Waals surface area contributed by atoms with Crippen LogP contribution in [0.15, 0.2) is 28.4 Å². The van der Waals surface area contributed by atoms with E-state index in [1.165, 1.54) is 0 Å². The van der Waals surface area contributed by atoms with Crippen LogP contribution in [0.2, 0.25) is 0 Å². The molecule has 0 aliphatic heterocycles. The molecule has 0 fully saturated rings. The fourth-order valence-electron chi connectivity index (χ4n) is 1.07. The summed E-state index contributed by atoms with van der Waals surface area (Å²) in [6.07, 6.45) is 1.07. The molecule has 0 aromatic heterocycles. The van der Waals surface area contributed by atoms with Crippen molar-refractivity contribution in [1.29, 1.82) is 0 Å². The Hall–Kier alpha value is -3.04. The molecule has 10 nitrogen and oxygen atoms in total. The number of nitrogens with zero attached hydrogens (tertiary/aromatic N) is 4. The van der Waals surface area contributed by atoms with E-state index in [-0.39, 0.29) is 11.5 Å². The van der Waals surface area contributed by atoms with Crippen LogP contribution in [0.25, 0.3) is 0 Å². The zero-order chi connectivity index (χ0) is 13.7. The molecule has 94 valence electrons. The van der Waals surface area contributed by atoms with Gasteiger partial charge in [-0.3, -0.25) is 20.2 Å². The largest absolute Gasteiger partial charge is 0.369 e. The number of hydrogen-bond donors (Lipinski definition) is 2. The summed E-state index contributed by atoms with van der Waals surface area (Å²) < 4.78 is 0. The number of benzene rings is 1. The van der Waals surface area contributed by atoms with Gasteiger partial charge in [-0.15, -0.1) is 5.10 Å². The van der Waals surface area contributed by atoms with Gasteiger partial charge in [0.05, 0.1) is 22.1 Å². The molecule has 0 heterocycles. The van der Waals surface area contributed by atoms with Crippen molar-refractivity contribution in [3.05, 3.63) is 44.0 Å². The van der Waals surface area contributed by atoms with E-state index in [0.717, 1.165) is 24.4 Å². The standard InChI is InChI=1S/C8H8N6O4/c9-8(10)12-11-4-5-1-6(13(15)16)3-7(2-5)14(17)18/h1-4H,(H4,9,10,12). The van der Waals surface area contributed by atoms with Crippen molar-refractivity contribution in [2.45, 2.75) is 0 Å². The van der Waals surface area contributed by atoms with Crippen LogP contribution in [0.5, 0.6) is 0 Å². The highest BCUT2D eigenvalue weighted by molar-refractivity contribution is 5.83. The normalized spacial score (nSPS) is 10.2. The molecule has 18 heavy (non-hydrogen) atoms. The molecule has 0 atom stereocenters. The molecule has 0 aliphatic carbocycles. The fraction of sp³-hybridized carbons (Fsp3) is 0. The minimum Gasteiger partial charge on any atom is -0.369 e. The Morgan fingerprint density at radius 2 is 1.61 bits per heavy atom. The smallest absolute Gasteiger partial charge is 0.276 e. The lowest BCUT2D eigenvalue weighted by Gasteiger charge is -1.95. The lowest BCUT2D eigenvalue weighted by molar-refractivity contribution is -0.394. The molecule has 1 aromatic carbocycles. The van der Waals surface area contributed by atoms with Gasteiger partial charge in [0.2, 0.25) is 5.96 Å². The number of nitrogens with two attached hydrogens (primary N) is 2. The summed E-state index contributed by atoms with van der Waals surface area (Å²) in [7, 11) is 0. The van der Waals surface area contributed by atoms with Crippen LogP contribution in [-0.4, -0.2) is 22.0 Å². The van der Waals surface area contributed by atoms with Crippen molar-refractivity contribution >= 4 is 23.5 Å². The molecular formula is C8H8N6O4. The van der Waals surface area contributed by atoms with Gasteiger partial charge in [0.25, 0.3) is 11.4 Å². The number of nitro groups is 2. The third-order valence-corrected chi connectivity index (χ3v) is 1.73. The van der Waals surface area contributed by atoms with Crippen molar-refractivity contribution in [1.82, 2.24) is 0 Å². The first-order valence-electron chi connectivity index (χ1n) is 4.46. The summed E-state index contributed by atoms with van der Waals surface area (Å²) in [5.41, 5.74) is 9.32. The molecular weight excluding hydrogens is 244 g/mol. The number of rotatable bonds is 4. The van der Waals surface area contributed by atoms with E-state index in [9.17, 15) is 20.2 Å². The number of guanidine groups is 1. The third kappa shape index (κ3) is 3.52. The molecule has 0 amide bonds. The Balaban J connectivity index is 3.19. The van der Waals surface area contributed by atoms with Crippen LogP contribution in [0.3, 0.4) is 0 Å². The molecule has 1 rings (SSSR count). The minimum absolute atomic E-state index is 0.140. The van der Waals surface area contributed by atoms with Crippen LogP contribution in [0.1, 0.15) is 5.56 Å². The Morgan fingerprint density at radius 3 is 2.00 bits per heavy atom. The topological polar surface area (TPSA) is 163 Å². The first-order valence-corrected chi connectivity index (χ1v) is 4.46. The predicted molar refractivity (Wildman–Crippen MR) is 63.2 cm³/mol. The van der Waals surface area contributed by atoms with E-state index in [0.29, 0.717) is 0 Å². The van der Waals surface area contributed by atoms with Crippen molar-refractivity contribution in [2.24, 2.45) is 21.7 Å². The molecule has 0 saturated carbocycles. The lowest BCUT2D eigenvalue weighted by Crippen LogP contribution is -2.21. The minimum atomic E-state index is -0.745. The van der Waals surface area contributed by atoms with Crippen LogP contribution in [-0.2, 0) is 0 Å². The zero-order valence-electron chi connectivity index (χ0n) is 8.89. The summed E-state index contributed by atoms with van der Waals surface area (Å²) in [4.78, 5) is 19.7.